The predicted molar refractivity (Wildman–Crippen MR) is 100 cm³/mol. The third-order valence-electron chi connectivity index (χ3n) is 4.37. The number of nitrogens with one attached hydrogen (secondary N) is 2. The third kappa shape index (κ3) is 5.12. The van der Waals surface area contributed by atoms with E-state index in [0.29, 0.717) is 13.1 Å². The molecular formula is C18H19F3N6O2. The second-order valence-electron chi connectivity index (χ2n) is 6.50. The van der Waals surface area contributed by atoms with Crippen molar-refractivity contribution >= 4 is 29.4 Å². The van der Waals surface area contributed by atoms with Crippen LogP contribution < -0.4 is 16.4 Å². The molecule has 3 rings (SSSR count). The zero-order valence-electron chi connectivity index (χ0n) is 15.3. The molecule has 29 heavy (non-hydrogen) atoms. The highest BCUT2D eigenvalue weighted by Gasteiger charge is 2.30. The molecule has 11 heteroatoms. The fourth-order valence-electron chi connectivity index (χ4n) is 2.87. The van der Waals surface area contributed by atoms with E-state index in [9.17, 15) is 22.8 Å². The van der Waals surface area contributed by atoms with E-state index in [1.54, 1.807) is 4.90 Å². The Morgan fingerprint density at radius 1 is 1.10 bits per heavy atom. The van der Waals surface area contributed by atoms with Crippen molar-refractivity contribution in [3.8, 4) is 0 Å². The lowest BCUT2D eigenvalue weighted by molar-refractivity contribution is -0.137. The quantitative estimate of drug-likeness (QED) is 0.721. The molecule has 1 aliphatic rings. The second-order valence-corrected chi connectivity index (χ2v) is 6.50. The minimum Gasteiger partial charge on any atom is -0.383 e. The van der Waals surface area contributed by atoms with E-state index in [2.05, 4.69) is 20.6 Å². The fourth-order valence-corrected chi connectivity index (χ4v) is 2.87. The number of halogens is 3. The number of alkyl halides is 3. The molecule has 8 nitrogen and oxygen atoms in total. The molecule has 3 amide bonds. The predicted octanol–water partition coefficient (Wildman–Crippen LogP) is 3.35. The van der Waals surface area contributed by atoms with Gasteiger partial charge in [0.05, 0.1) is 5.56 Å². The minimum absolute atomic E-state index is 0.0493. The number of nitrogens with zero attached hydrogens (tertiary/aromatic N) is 3. The molecule has 0 spiro atoms. The number of rotatable bonds is 3. The van der Waals surface area contributed by atoms with Gasteiger partial charge in [-0.2, -0.15) is 18.2 Å². The first kappa shape index (κ1) is 20.4. The van der Waals surface area contributed by atoms with Gasteiger partial charge in [-0.3, -0.25) is 10.1 Å². The zero-order chi connectivity index (χ0) is 21.0. The lowest BCUT2D eigenvalue weighted by Gasteiger charge is -2.26. The van der Waals surface area contributed by atoms with Crippen molar-refractivity contribution in [1.29, 1.82) is 0 Å². The number of benzene rings is 1. The summed E-state index contributed by atoms with van der Waals surface area (Å²) in [5.41, 5.74) is 4.70. The summed E-state index contributed by atoms with van der Waals surface area (Å²) in [5, 5.41) is 4.85. The molecular weight excluding hydrogens is 389 g/mol. The van der Waals surface area contributed by atoms with Gasteiger partial charge >= 0.3 is 12.2 Å². The maximum absolute atomic E-state index is 12.8. The normalized spacial score (nSPS) is 14.4. The molecule has 0 saturated carbocycles. The number of nitrogens with two attached hydrogens (primary N) is 1. The summed E-state index contributed by atoms with van der Waals surface area (Å²) in [6.45, 7) is 1.28. The van der Waals surface area contributed by atoms with Gasteiger partial charge in [-0.1, -0.05) is 6.07 Å². The first-order valence-corrected chi connectivity index (χ1v) is 8.91. The van der Waals surface area contributed by atoms with Gasteiger partial charge < -0.3 is 16.0 Å². The number of nitrogen functional groups attached to an aromatic ring is 1. The molecule has 1 aromatic heterocycles. The van der Waals surface area contributed by atoms with E-state index in [-0.39, 0.29) is 29.0 Å². The smallest absolute Gasteiger partial charge is 0.383 e. The van der Waals surface area contributed by atoms with Gasteiger partial charge in [-0.25, -0.2) is 9.78 Å². The van der Waals surface area contributed by atoms with Crippen LogP contribution in [0.15, 0.2) is 30.5 Å². The molecule has 0 unspecified atom stereocenters. The van der Waals surface area contributed by atoms with Crippen molar-refractivity contribution < 1.29 is 22.8 Å². The van der Waals surface area contributed by atoms with Gasteiger partial charge in [0.2, 0.25) is 5.95 Å². The molecule has 0 bridgehead atoms. The van der Waals surface area contributed by atoms with Crippen molar-refractivity contribution in [1.82, 2.24) is 14.9 Å². The van der Waals surface area contributed by atoms with Crippen molar-refractivity contribution in [2.75, 3.05) is 29.5 Å². The average molecular weight is 408 g/mol. The van der Waals surface area contributed by atoms with Gasteiger partial charge in [0.25, 0.3) is 5.91 Å². The number of piperidine rings is 1. The molecule has 154 valence electrons. The Labute approximate surface area is 164 Å². The summed E-state index contributed by atoms with van der Waals surface area (Å²) in [6.07, 6.45) is -0.507. The summed E-state index contributed by atoms with van der Waals surface area (Å²) in [4.78, 5) is 33.9. The molecule has 2 heterocycles. The van der Waals surface area contributed by atoms with E-state index in [0.717, 1.165) is 37.6 Å². The maximum Gasteiger partial charge on any atom is 0.416 e. The Morgan fingerprint density at radius 3 is 2.48 bits per heavy atom. The molecule has 0 radical (unpaired) electrons. The highest BCUT2D eigenvalue weighted by atomic mass is 19.4. The molecule has 2 aromatic rings. The van der Waals surface area contributed by atoms with Crippen LogP contribution in [0.3, 0.4) is 0 Å². The van der Waals surface area contributed by atoms with E-state index < -0.39 is 17.6 Å². The SMILES string of the molecule is Nc1nc(NC(=O)N2CCCCC2)ncc1C(=O)Nc1cccc(C(F)(F)F)c1. The number of carbonyl (C=O) groups excluding carboxylic acids is 2. The fraction of sp³-hybridized carbons (Fsp3) is 0.333. The summed E-state index contributed by atoms with van der Waals surface area (Å²) in [6, 6.07) is 3.84. The topological polar surface area (TPSA) is 113 Å². The van der Waals surface area contributed by atoms with E-state index in [1.807, 2.05) is 0 Å². The highest BCUT2D eigenvalue weighted by Crippen LogP contribution is 2.30. The van der Waals surface area contributed by atoms with Crippen LogP contribution in [-0.4, -0.2) is 39.9 Å². The highest BCUT2D eigenvalue weighted by molar-refractivity contribution is 6.07. The number of carbonyl (C=O) groups is 2. The van der Waals surface area contributed by atoms with Crippen molar-refractivity contribution in [2.24, 2.45) is 0 Å². The van der Waals surface area contributed by atoms with Crippen LogP contribution in [0.25, 0.3) is 0 Å². The van der Waals surface area contributed by atoms with Gasteiger partial charge in [-0.05, 0) is 37.5 Å². The Morgan fingerprint density at radius 2 is 1.83 bits per heavy atom. The van der Waals surface area contributed by atoms with Gasteiger partial charge in [0, 0.05) is 25.0 Å². The number of urea groups is 1. The average Bonchev–Trinajstić information content (AvgIpc) is 2.68. The number of hydrogen-bond donors (Lipinski definition) is 3. The monoisotopic (exact) mass is 408 g/mol. The molecule has 0 aliphatic carbocycles. The number of hydrogen-bond acceptors (Lipinski definition) is 5. The largest absolute Gasteiger partial charge is 0.416 e. The van der Waals surface area contributed by atoms with E-state index in [4.69, 9.17) is 5.73 Å². The van der Waals surface area contributed by atoms with Crippen LogP contribution in [0.4, 0.5) is 35.4 Å². The van der Waals surface area contributed by atoms with Crippen LogP contribution in [0.5, 0.6) is 0 Å². The first-order chi connectivity index (χ1) is 13.7. The standard InChI is InChI=1S/C18H19F3N6O2/c19-18(20,21)11-5-4-6-12(9-11)24-15(28)13-10-23-16(25-14(13)22)26-17(29)27-7-2-1-3-8-27/h4-6,9-10H,1-3,7-8H2,(H,24,28)(H3,22,23,25,26,29). The van der Waals surface area contributed by atoms with Gasteiger partial charge in [0.15, 0.2) is 0 Å². The summed E-state index contributed by atoms with van der Waals surface area (Å²) < 4.78 is 38.4. The van der Waals surface area contributed by atoms with Crippen molar-refractivity contribution in [3.63, 3.8) is 0 Å². The van der Waals surface area contributed by atoms with Gasteiger partial charge in [0.1, 0.15) is 11.4 Å². The van der Waals surface area contributed by atoms with Crippen LogP contribution in [0, 0.1) is 0 Å². The van der Waals surface area contributed by atoms with Crippen LogP contribution >= 0.6 is 0 Å². The number of aromatic nitrogens is 2. The summed E-state index contributed by atoms with van der Waals surface area (Å²) in [7, 11) is 0. The molecule has 1 fully saturated rings. The molecule has 0 atom stereocenters. The summed E-state index contributed by atoms with van der Waals surface area (Å²) in [5.74, 6) is -1.04. The Bertz CT molecular complexity index is 913. The second kappa shape index (κ2) is 8.33. The van der Waals surface area contributed by atoms with Crippen LogP contribution in [0.2, 0.25) is 0 Å². The van der Waals surface area contributed by atoms with E-state index in [1.165, 1.54) is 12.1 Å². The Kier molecular flexibility index (Phi) is 5.85. The van der Waals surface area contributed by atoms with Crippen molar-refractivity contribution in [3.05, 3.63) is 41.6 Å². The molecule has 1 saturated heterocycles. The molecule has 1 aliphatic heterocycles. The Hall–Kier alpha value is -3.37. The zero-order valence-corrected chi connectivity index (χ0v) is 15.3. The third-order valence-corrected chi connectivity index (χ3v) is 4.37. The van der Waals surface area contributed by atoms with E-state index >= 15 is 0 Å². The van der Waals surface area contributed by atoms with Crippen LogP contribution in [0.1, 0.15) is 35.2 Å². The van der Waals surface area contributed by atoms with Crippen LogP contribution in [-0.2, 0) is 6.18 Å². The maximum atomic E-state index is 12.8. The Balaban J connectivity index is 1.68. The lowest BCUT2D eigenvalue weighted by atomic mass is 10.1. The lowest BCUT2D eigenvalue weighted by Crippen LogP contribution is -2.39. The number of anilines is 3. The first-order valence-electron chi connectivity index (χ1n) is 8.91. The summed E-state index contributed by atoms with van der Waals surface area (Å²) >= 11 is 0. The van der Waals surface area contributed by atoms with Crippen molar-refractivity contribution in [2.45, 2.75) is 25.4 Å². The molecule has 4 N–H and O–H groups in total. The number of likely N-dealkylation sites (tertiary alicyclic amines) is 1. The molecule has 1 aromatic carbocycles. The van der Waals surface area contributed by atoms with Gasteiger partial charge in [-0.15, -0.1) is 0 Å². The minimum atomic E-state index is -4.53. The number of amides is 3.